The van der Waals surface area contributed by atoms with Gasteiger partial charge in [0.1, 0.15) is 0 Å². The number of ether oxygens (including phenoxy) is 1. The maximum Gasteiger partial charge on any atom is 0.0610 e. The summed E-state index contributed by atoms with van der Waals surface area (Å²) in [4.78, 5) is 0. The quantitative estimate of drug-likeness (QED) is 0.723. The number of hydrogen-bond donors (Lipinski definition) is 2. The Labute approximate surface area is 92.2 Å². The molecule has 2 fully saturated rings. The number of nitrogens with one attached hydrogen (secondary N) is 1. The second-order valence-electron chi connectivity index (χ2n) is 5.35. The summed E-state index contributed by atoms with van der Waals surface area (Å²) in [6, 6.07) is 0. The van der Waals surface area contributed by atoms with Crippen LogP contribution in [0.5, 0.6) is 0 Å². The van der Waals surface area contributed by atoms with Crippen molar-refractivity contribution in [2.24, 2.45) is 11.8 Å². The summed E-state index contributed by atoms with van der Waals surface area (Å²) in [6.45, 7) is 5.32. The minimum atomic E-state index is -0.0405. The second-order valence-corrected chi connectivity index (χ2v) is 5.35. The van der Waals surface area contributed by atoms with Crippen molar-refractivity contribution in [2.45, 2.75) is 38.1 Å². The number of hydrogen-bond acceptors (Lipinski definition) is 3. The second kappa shape index (κ2) is 4.81. The molecule has 88 valence electrons. The smallest absolute Gasteiger partial charge is 0.0610 e. The molecule has 0 aromatic heterocycles. The van der Waals surface area contributed by atoms with E-state index in [9.17, 15) is 5.11 Å². The molecule has 0 saturated carbocycles. The monoisotopic (exact) mass is 213 g/mol. The van der Waals surface area contributed by atoms with Crippen LogP contribution in [0, 0.1) is 11.8 Å². The van der Waals surface area contributed by atoms with E-state index in [0.29, 0.717) is 0 Å². The lowest BCUT2D eigenvalue weighted by atomic mass is 9.74. The fourth-order valence-corrected chi connectivity index (χ4v) is 3.02. The normalized spacial score (nSPS) is 39.2. The first-order valence-electron chi connectivity index (χ1n) is 6.17. The van der Waals surface area contributed by atoms with Crippen molar-refractivity contribution in [2.75, 3.05) is 26.4 Å². The van der Waals surface area contributed by atoms with Gasteiger partial charge in [-0.1, -0.05) is 0 Å². The number of aliphatic hydroxyl groups excluding tert-OH is 1. The van der Waals surface area contributed by atoms with Crippen LogP contribution in [0.25, 0.3) is 0 Å². The molecule has 2 aliphatic rings. The summed E-state index contributed by atoms with van der Waals surface area (Å²) >= 11 is 0. The highest BCUT2D eigenvalue weighted by Crippen LogP contribution is 2.34. The Morgan fingerprint density at radius 2 is 2.00 bits per heavy atom. The van der Waals surface area contributed by atoms with Crippen molar-refractivity contribution in [1.82, 2.24) is 5.32 Å². The third-order valence-electron chi connectivity index (χ3n) is 4.06. The first-order valence-corrected chi connectivity index (χ1v) is 6.17. The minimum absolute atomic E-state index is 0.0405. The Morgan fingerprint density at radius 1 is 1.27 bits per heavy atom. The maximum absolute atomic E-state index is 9.38. The van der Waals surface area contributed by atoms with Gasteiger partial charge in [-0.15, -0.1) is 0 Å². The summed E-state index contributed by atoms with van der Waals surface area (Å²) in [7, 11) is 0. The molecule has 3 heteroatoms. The van der Waals surface area contributed by atoms with Crippen LogP contribution in [0.15, 0.2) is 0 Å². The van der Waals surface area contributed by atoms with Gasteiger partial charge < -0.3 is 15.2 Å². The van der Waals surface area contributed by atoms with E-state index in [4.69, 9.17) is 4.74 Å². The first-order chi connectivity index (χ1) is 7.23. The Morgan fingerprint density at radius 3 is 2.67 bits per heavy atom. The van der Waals surface area contributed by atoms with Crippen molar-refractivity contribution in [3.05, 3.63) is 0 Å². The molecule has 0 spiro atoms. The molecule has 2 rings (SSSR count). The highest BCUT2D eigenvalue weighted by molar-refractivity contribution is 4.91. The summed E-state index contributed by atoms with van der Waals surface area (Å²) in [6.07, 6.45) is 4.81. The number of aliphatic hydroxyl groups is 1. The molecule has 2 saturated heterocycles. The fourth-order valence-electron chi connectivity index (χ4n) is 3.02. The lowest BCUT2D eigenvalue weighted by Crippen LogP contribution is -2.52. The molecule has 2 N–H and O–H groups in total. The van der Waals surface area contributed by atoms with Crippen LogP contribution >= 0.6 is 0 Å². The first kappa shape index (κ1) is 11.4. The van der Waals surface area contributed by atoms with Gasteiger partial charge in [-0.2, -0.15) is 0 Å². The predicted molar refractivity (Wildman–Crippen MR) is 59.8 cm³/mol. The SMILES string of the molecule is CC1(CO)CC(C2CCOCC2)CCN1. The molecule has 0 aliphatic carbocycles. The van der Waals surface area contributed by atoms with Gasteiger partial charge >= 0.3 is 0 Å². The van der Waals surface area contributed by atoms with Crippen LogP contribution in [0.3, 0.4) is 0 Å². The lowest BCUT2D eigenvalue weighted by Gasteiger charge is -2.42. The van der Waals surface area contributed by atoms with E-state index in [1.165, 1.54) is 19.3 Å². The van der Waals surface area contributed by atoms with Gasteiger partial charge in [0, 0.05) is 18.8 Å². The summed E-state index contributed by atoms with van der Waals surface area (Å²) < 4.78 is 5.40. The van der Waals surface area contributed by atoms with Crippen molar-refractivity contribution < 1.29 is 9.84 Å². The van der Waals surface area contributed by atoms with Crippen LogP contribution in [0.4, 0.5) is 0 Å². The van der Waals surface area contributed by atoms with Crippen LogP contribution < -0.4 is 5.32 Å². The van der Waals surface area contributed by atoms with E-state index in [1.807, 2.05) is 0 Å². The molecule has 2 heterocycles. The Bertz CT molecular complexity index is 204. The van der Waals surface area contributed by atoms with Gasteiger partial charge in [0.25, 0.3) is 0 Å². The van der Waals surface area contributed by atoms with E-state index in [1.54, 1.807) is 0 Å². The minimum Gasteiger partial charge on any atom is -0.394 e. The molecule has 3 nitrogen and oxygen atoms in total. The molecule has 0 aromatic carbocycles. The maximum atomic E-state index is 9.38. The Balaban J connectivity index is 1.91. The predicted octanol–water partition coefficient (Wildman–Crippen LogP) is 1.16. The molecular formula is C12H23NO2. The van der Waals surface area contributed by atoms with Crippen LogP contribution in [0.2, 0.25) is 0 Å². The van der Waals surface area contributed by atoms with E-state index in [0.717, 1.165) is 38.0 Å². The molecule has 0 radical (unpaired) electrons. The zero-order valence-corrected chi connectivity index (χ0v) is 9.67. The molecule has 0 amide bonds. The zero-order chi connectivity index (χ0) is 10.7. The Kier molecular flexibility index (Phi) is 3.65. The van der Waals surface area contributed by atoms with Crippen molar-refractivity contribution in [1.29, 1.82) is 0 Å². The average Bonchev–Trinajstić information content (AvgIpc) is 2.30. The van der Waals surface area contributed by atoms with Crippen LogP contribution in [-0.4, -0.2) is 37.0 Å². The topological polar surface area (TPSA) is 41.5 Å². The van der Waals surface area contributed by atoms with Crippen molar-refractivity contribution >= 4 is 0 Å². The van der Waals surface area contributed by atoms with Gasteiger partial charge in [0.15, 0.2) is 0 Å². The highest BCUT2D eigenvalue weighted by atomic mass is 16.5. The van der Waals surface area contributed by atoms with E-state index < -0.39 is 0 Å². The number of piperidine rings is 1. The van der Waals surface area contributed by atoms with Crippen molar-refractivity contribution in [3.8, 4) is 0 Å². The van der Waals surface area contributed by atoms with E-state index in [2.05, 4.69) is 12.2 Å². The molecule has 0 bridgehead atoms. The lowest BCUT2D eigenvalue weighted by molar-refractivity contribution is 0.0219. The third kappa shape index (κ3) is 2.71. The molecule has 15 heavy (non-hydrogen) atoms. The number of rotatable bonds is 2. The third-order valence-corrected chi connectivity index (χ3v) is 4.06. The van der Waals surface area contributed by atoms with Crippen LogP contribution in [-0.2, 0) is 4.74 Å². The van der Waals surface area contributed by atoms with E-state index in [-0.39, 0.29) is 12.1 Å². The summed E-state index contributed by atoms with van der Waals surface area (Å²) in [5, 5.41) is 12.8. The van der Waals surface area contributed by atoms with Gasteiger partial charge in [-0.05, 0) is 51.0 Å². The van der Waals surface area contributed by atoms with Gasteiger partial charge in [-0.25, -0.2) is 0 Å². The van der Waals surface area contributed by atoms with Gasteiger partial charge in [0.2, 0.25) is 0 Å². The van der Waals surface area contributed by atoms with E-state index >= 15 is 0 Å². The van der Waals surface area contributed by atoms with Crippen molar-refractivity contribution in [3.63, 3.8) is 0 Å². The molecular weight excluding hydrogens is 190 g/mol. The zero-order valence-electron chi connectivity index (χ0n) is 9.67. The van der Waals surface area contributed by atoms with Crippen LogP contribution in [0.1, 0.15) is 32.6 Å². The average molecular weight is 213 g/mol. The summed E-state index contributed by atoms with van der Waals surface area (Å²) in [5.74, 6) is 1.61. The molecule has 2 aliphatic heterocycles. The molecule has 2 atom stereocenters. The standard InChI is InChI=1S/C12H23NO2/c1-12(9-14)8-11(2-5-13-12)10-3-6-15-7-4-10/h10-11,13-14H,2-9H2,1H3. The highest BCUT2D eigenvalue weighted by Gasteiger charge is 2.35. The molecule has 2 unspecified atom stereocenters. The Hall–Kier alpha value is -0.120. The van der Waals surface area contributed by atoms with Gasteiger partial charge in [0.05, 0.1) is 6.61 Å². The molecule has 0 aromatic rings. The summed E-state index contributed by atoms with van der Waals surface area (Å²) in [5.41, 5.74) is -0.0405. The fraction of sp³-hybridized carbons (Fsp3) is 1.00. The largest absolute Gasteiger partial charge is 0.394 e. The van der Waals surface area contributed by atoms with Gasteiger partial charge in [-0.3, -0.25) is 0 Å².